The summed E-state index contributed by atoms with van der Waals surface area (Å²) in [5, 5.41) is 6.87. The van der Waals surface area contributed by atoms with Crippen molar-refractivity contribution in [3.05, 3.63) is 59.7 Å². The van der Waals surface area contributed by atoms with Gasteiger partial charge < -0.3 is 10.2 Å². The number of halogens is 6. The Morgan fingerprint density at radius 3 is 2.31 bits per heavy atom. The molecule has 13 heteroatoms. The quantitative estimate of drug-likeness (QED) is 0.468. The summed E-state index contributed by atoms with van der Waals surface area (Å²) in [7, 11) is 1.54. The third-order valence-electron chi connectivity index (χ3n) is 5.23. The van der Waals surface area contributed by atoms with Gasteiger partial charge in [-0.1, -0.05) is 0 Å². The van der Waals surface area contributed by atoms with Crippen molar-refractivity contribution in [1.82, 2.24) is 24.6 Å². The molecule has 1 amide bonds. The fourth-order valence-electron chi connectivity index (χ4n) is 3.49. The minimum absolute atomic E-state index is 0.0490. The second-order valence-electron chi connectivity index (χ2n) is 7.71. The highest BCUT2D eigenvalue weighted by Crippen LogP contribution is 2.38. The monoisotopic (exact) mass is 500 g/mol. The molecule has 35 heavy (non-hydrogen) atoms. The number of hydrogen-bond donors (Lipinski definition) is 1. The molecule has 3 aromatic rings. The van der Waals surface area contributed by atoms with Crippen molar-refractivity contribution in [1.29, 1.82) is 0 Å². The predicted octanol–water partition coefficient (Wildman–Crippen LogP) is 4.88. The van der Waals surface area contributed by atoms with Gasteiger partial charge in [-0.25, -0.2) is 4.98 Å². The van der Waals surface area contributed by atoms with Crippen LogP contribution in [0.4, 0.5) is 32.2 Å². The third-order valence-corrected chi connectivity index (χ3v) is 5.23. The average Bonchev–Trinajstić information content (AvgIpc) is 3.22. The number of rotatable bonds is 7. The van der Waals surface area contributed by atoms with E-state index in [0.717, 1.165) is 24.4 Å². The maximum absolute atomic E-state index is 13.8. The van der Waals surface area contributed by atoms with Gasteiger partial charge >= 0.3 is 12.4 Å². The van der Waals surface area contributed by atoms with E-state index in [4.69, 9.17) is 0 Å². The van der Waals surface area contributed by atoms with Crippen LogP contribution in [0.25, 0.3) is 11.3 Å². The molecule has 0 aliphatic carbocycles. The van der Waals surface area contributed by atoms with Gasteiger partial charge in [-0.2, -0.15) is 31.4 Å². The van der Waals surface area contributed by atoms with Crippen LogP contribution in [0, 0.1) is 0 Å². The van der Waals surface area contributed by atoms with Crippen molar-refractivity contribution in [3.8, 4) is 11.3 Å². The summed E-state index contributed by atoms with van der Waals surface area (Å²) in [5.41, 5.74) is -2.81. The normalized spacial score (nSPS) is 12.9. The summed E-state index contributed by atoms with van der Waals surface area (Å²) in [4.78, 5) is 22.3. The number of likely N-dealkylation sites (N-methyl/N-ethyl adjacent to an activating group) is 1. The standard InChI is InChI=1S/C22H22F6N6O/c1-4-34(13(2)11-30-17-6-5-14(12-31-17)21(23,24)25)20(35)19-18(16-8-10-33(3)32-16)15(7-9-29-19)22(26,27)28/h5-10,12-13H,4,11H2,1-3H3,(H,30,31)/t13-/m0/s1. The highest BCUT2D eigenvalue weighted by atomic mass is 19.4. The first kappa shape index (κ1) is 26.0. The number of aromatic nitrogens is 4. The molecule has 0 saturated carbocycles. The van der Waals surface area contributed by atoms with Crippen LogP contribution in [0.5, 0.6) is 0 Å². The van der Waals surface area contributed by atoms with E-state index in [0.29, 0.717) is 6.20 Å². The zero-order valence-electron chi connectivity index (χ0n) is 18.9. The van der Waals surface area contributed by atoms with Gasteiger partial charge in [-0.05, 0) is 38.1 Å². The van der Waals surface area contributed by atoms with Crippen molar-refractivity contribution in [2.24, 2.45) is 7.05 Å². The number of nitrogens with one attached hydrogen (secondary N) is 1. The lowest BCUT2D eigenvalue weighted by atomic mass is 10.0. The van der Waals surface area contributed by atoms with Gasteiger partial charge in [0.15, 0.2) is 0 Å². The summed E-state index contributed by atoms with van der Waals surface area (Å²) in [6.45, 7) is 3.52. The lowest BCUT2D eigenvalue weighted by molar-refractivity contribution is -0.138. The molecule has 0 spiro atoms. The Kier molecular flexibility index (Phi) is 7.36. The molecule has 0 aromatic carbocycles. The summed E-state index contributed by atoms with van der Waals surface area (Å²) in [5.74, 6) is -0.589. The number of carbonyl (C=O) groups is 1. The zero-order valence-corrected chi connectivity index (χ0v) is 18.9. The van der Waals surface area contributed by atoms with Gasteiger partial charge in [0.1, 0.15) is 11.5 Å². The van der Waals surface area contributed by atoms with E-state index >= 15 is 0 Å². The first-order valence-corrected chi connectivity index (χ1v) is 10.5. The second kappa shape index (κ2) is 9.92. The van der Waals surface area contributed by atoms with E-state index in [1.807, 2.05) is 0 Å². The number of amides is 1. The van der Waals surface area contributed by atoms with Gasteiger partial charge in [0.25, 0.3) is 5.91 Å². The van der Waals surface area contributed by atoms with Crippen molar-refractivity contribution < 1.29 is 31.1 Å². The first-order chi connectivity index (χ1) is 16.3. The Morgan fingerprint density at radius 2 is 1.80 bits per heavy atom. The number of carbonyl (C=O) groups excluding carboxylic acids is 1. The second-order valence-corrected chi connectivity index (χ2v) is 7.71. The molecule has 1 atom stereocenters. The van der Waals surface area contributed by atoms with Gasteiger partial charge in [0.2, 0.25) is 0 Å². The Labute approximate surface area is 196 Å². The smallest absolute Gasteiger partial charge is 0.368 e. The number of alkyl halides is 6. The van der Waals surface area contributed by atoms with E-state index in [1.165, 1.54) is 28.9 Å². The number of aryl methyl sites for hydroxylation is 1. The maximum Gasteiger partial charge on any atom is 0.417 e. The van der Waals surface area contributed by atoms with Crippen LogP contribution in [-0.4, -0.2) is 49.7 Å². The van der Waals surface area contributed by atoms with Crippen LogP contribution in [0.1, 0.15) is 35.5 Å². The minimum Gasteiger partial charge on any atom is -0.368 e. The molecule has 0 saturated heterocycles. The van der Waals surface area contributed by atoms with E-state index in [1.54, 1.807) is 13.8 Å². The van der Waals surface area contributed by atoms with Crippen LogP contribution in [0.15, 0.2) is 42.9 Å². The molecular formula is C22H22F6N6O. The summed E-state index contributed by atoms with van der Waals surface area (Å²) in [6.07, 6.45) is -6.21. The Balaban J connectivity index is 1.87. The van der Waals surface area contributed by atoms with Crippen LogP contribution >= 0.6 is 0 Å². The van der Waals surface area contributed by atoms with Crippen LogP contribution < -0.4 is 5.32 Å². The first-order valence-electron chi connectivity index (χ1n) is 10.5. The lowest BCUT2D eigenvalue weighted by Crippen LogP contribution is -2.43. The zero-order chi connectivity index (χ0) is 26.0. The fourth-order valence-corrected chi connectivity index (χ4v) is 3.49. The number of hydrogen-bond acceptors (Lipinski definition) is 5. The van der Waals surface area contributed by atoms with Gasteiger partial charge in [-0.15, -0.1) is 0 Å². The van der Waals surface area contributed by atoms with E-state index in [2.05, 4.69) is 20.4 Å². The van der Waals surface area contributed by atoms with Crippen LogP contribution in [0.2, 0.25) is 0 Å². The Hall–Kier alpha value is -3.64. The lowest BCUT2D eigenvalue weighted by Gasteiger charge is -2.29. The van der Waals surface area contributed by atoms with Crippen molar-refractivity contribution in [2.75, 3.05) is 18.4 Å². The van der Waals surface area contributed by atoms with Gasteiger partial charge in [0, 0.05) is 50.3 Å². The number of pyridine rings is 2. The molecule has 0 bridgehead atoms. The number of nitrogens with zero attached hydrogens (tertiary/aromatic N) is 5. The van der Waals surface area contributed by atoms with E-state index < -0.39 is 46.7 Å². The molecule has 3 heterocycles. The summed E-state index contributed by atoms with van der Waals surface area (Å²) < 4.78 is 80.7. The van der Waals surface area contributed by atoms with Crippen LogP contribution in [-0.2, 0) is 19.4 Å². The molecule has 3 rings (SSSR count). The van der Waals surface area contributed by atoms with Gasteiger partial charge in [-0.3, -0.25) is 14.5 Å². The molecule has 7 nitrogen and oxygen atoms in total. The molecule has 0 aliphatic rings. The number of anilines is 1. The Morgan fingerprint density at radius 1 is 1.09 bits per heavy atom. The van der Waals surface area contributed by atoms with Crippen molar-refractivity contribution in [3.63, 3.8) is 0 Å². The topological polar surface area (TPSA) is 75.9 Å². The fraction of sp³-hybridized carbons (Fsp3) is 0.364. The molecular weight excluding hydrogens is 478 g/mol. The average molecular weight is 500 g/mol. The largest absolute Gasteiger partial charge is 0.417 e. The van der Waals surface area contributed by atoms with E-state index in [9.17, 15) is 31.1 Å². The SMILES string of the molecule is CCN(C(=O)c1nccc(C(F)(F)F)c1-c1ccn(C)n1)[C@@H](C)CNc1ccc(C(F)(F)F)cn1. The van der Waals surface area contributed by atoms with Crippen molar-refractivity contribution >= 4 is 11.7 Å². The van der Waals surface area contributed by atoms with Crippen LogP contribution in [0.3, 0.4) is 0 Å². The van der Waals surface area contributed by atoms with Crippen molar-refractivity contribution in [2.45, 2.75) is 32.2 Å². The molecule has 0 unspecified atom stereocenters. The molecule has 188 valence electrons. The molecule has 0 fully saturated rings. The predicted molar refractivity (Wildman–Crippen MR) is 115 cm³/mol. The van der Waals surface area contributed by atoms with E-state index in [-0.39, 0.29) is 24.6 Å². The summed E-state index contributed by atoms with van der Waals surface area (Å²) in [6, 6.07) is 3.61. The maximum atomic E-state index is 13.8. The molecule has 0 radical (unpaired) electrons. The molecule has 0 aliphatic heterocycles. The highest BCUT2D eigenvalue weighted by Gasteiger charge is 2.38. The highest BCUT2D eigenvalue weighted by molar-refractivity contribution is 5.99. The molecule has 1 N–H and O–H groups in total. The molecule has 3 aromatic heterocycles. The Bertz CT molecular complexity index is 1170. The third kappa shape index (κ3) is 5.89. The van der Waals surface area contributed by atoms with Gasteiger partial charge in [0.05, 0.1) is 16.8 Å². The minimum atomic E-state index is -4.75. The summed E-state index contributed by atoms with van der Waals surface area (Å²) >= 11 is 0.